The molecule has 0 saturated carbocycles. The molecule has 0 rings (SSSR count). The molecule has 0 bridgehead atoms. The second-order valence-electron chi connectivity index (χ2n) is 19.9. The summed E-state index contributed by atoms with van der Waals surface area (Å²) in [6.45, 7) is 6.55. The number of ether oxygens (including phenoxy) is 3. The van der Waals surface area contributed by atoms with Crippen molar-refractivity contribution in [1.29, 1.82) is 0 Å². The Balaban J connectivity index is 4.36. The van der Waals surface area contributed by atoms with Crippen LogP contribution in [0.15, 0.2) is 60.8 Å². The molecule has 0 radical (unpaired) electrons. The summed E-state index contributed by atoms with van der Waals surface area (Å²) in [4.78, 5) is 38.2. The molecule has 6 heteroatoms. The second kappa shape index (κ2) is 57.7. The molecule has 0 N–H and O–H groups in total. The molecule has 0 aliphatic heterocycles. The van der Waals surface area contributed by atoms with E-state index in [4.69, 9.17) is 14.2 Å². The summed E-state index contributed by atoms with van der Waals surface area (Å²) in [5, 5.41) is 0. The van der Waals surface area contributed by atoms with Crippen LogP contribution in [0.2, 0.25) is 0 Å². The molecule has 0 amide bonds. The van der Waals surface area contributed by atoms with E-state index in [0.29, 0.717) is 19.3 Å². The minimum atomic E-state index is -0.779. The third-order valence-corrected chi connectivity index (χ3v) is 13.0. The van der Waals surface area contributed by atoms with Gasteiger partial charge >= 0.3 is 17.9 Å². The Kier molecular flexibility index (Phi) is 55.3. The van der Waals surface area contributed by atoms with Crippen molar-refractivity contribution < 1.29 is 28.6 Å². The first-order valence-corrected chi connectivity index (χ1v) is 29.8. The smallest absolute Gasteiger partial charge is 0.306 e. The first-order valence-electron chi connectivity index (χ1n) is 29.8. The molecule has 0 aromatic carbocycles. The van der Waals surface area contributed by atoms with Crippen molar-refractivity contribution in [3.05, 3.63) is 60.8 Å². The van der Waals surface area contributed by atoms with Gasteiger partial charge in [0.2, 0.25) is 0 Å². The Morgan fingerprint density at radius 2 is 0.565 bits per heavy atom. The van der Waals surface area contributed by atoms with E-state index in [1.165, 1.54) is 154 Å². The van der Waals surface area contributed by atoms with E-state index in [-0.39, 0.29) is 31.1 Å². The van der Waals surface area contributed by atoms with Gasteiger partial charge in [0.15, 0.2) is 6.10 Å². The fraction of sp³-hybridized carbons (Fsp3) is 0.794. The van der Waals surface area contributed by atoms with Crippen molar-refractivity contribution in [3.8, 4) is 0 Å². The number of esters is 3. The maximum atomic E-state index is 12.9. The number of hydrogen-bond acceptors (Lipinski definition) is 6. The molecule has 6 nitrogen and oxygen atoms in total. The largest absolute Gasteiger partial charge is 0.462 e. The Hall–Kier alpha value is -2.89. The molecule has 0 aromatic heterocycles. The van der Waals surface area contributed by atoms with Crippen LogP contribution in [0.4, 0.5) is 0 Å². The molecule has 0 aliphatic carbocycles. The molecular weight excluding hydrogens is 853 g/mol. The zero-order valence-electron chi connectivity index (χ0n) is 45.8. The topological polar surface area (TPSA) is 78.9 Å². The van der Waals surface area contributed by atoms with Gasteiger partial charge in [-0.05, 0) is 64.2 Å². The highest BCUT2D eigenvalue weighted by Gasteiger charge is 2.19. The Morgan fingerprint density at radius 3 is 0.884 bits per heavy atom. The summed E-state index contributed by atoms with van der Waals surface area (Å²) in [5.41, 5.74) is 0. The minimum absolute atomic E-state index is 0.0762. The van der Waals surface area contributed by atoms with Crippen LogP contribution in [0.1, 0.15) is 303 Å². The first kappa shape index (κ1) is 66.1. The lowest BCUT2D eigenvalue weighted by atomic mass is 10.0. The van der Waals surface area contributed by atoms with Crippen molar-refractivity contribution in [1.82, 2.24) is 0 Å². The third kappa shape index (κ3) is 55.9. The van der Waals surface area contributed by atoms with Crippen LogP contribution in [-0.2, 0) is 28.6 Å². The Labute approximate surface area is 428 Å². The van der Waals surface area contributed by atoms with E-state index in [0.717, 1.165) is 109 Å². The van der Waals surface area contributed by atoms with Crippen molar-refractivity contribution in [2.24, 2.45) is 0 Å². The fourth-order valence-corrected chi connectivity index (χ4v) is 8.59. The van der Waals surface area contributed by atoms with Crippen LogP contribution >= 0.6 is 0 Å². The Morgan fingerprint density at radius 1 is 0.304 bits per heavy atom. The van der Waals surface area contributed by atoms with Gasteiger partial charge in [0.25, 0.3) is 0 Å². The highest BCUT2D eigenvalue weighted by molar-refractivity contribution is 5.71. The highest BCUT2D eigenvalue weighted by Crippen LogP contribution is 2.17. The Bertz CT molecular complexity index is 1250. The average Bonchev–Trinajstić information content (AvgIpc) is 3.35. The number of carbonyl (C=O) groups is 3. The van der Waals surface area contributed by atoms with E-state index in [1.807, 2.05) is 0 Å². The van der Waals surface area contributed by atoms with E-state index >= 15 is 0 Å². The lowest BCUT2D eigenvalue weighted by Crippen LogP contribution is -2.30. The molecule has 0 heterocycles. The molecule has 0 aromatic rings. The second-order valence-corrected chi connectivity index (χ2v) is 19.9. The van der Waals surface area contributed by atoms with Gasteiger partial charge in [-0.1, -0.05) is 281 Å². The molecule has 0 fully saturated rings. The fourth-order valence-electron chi connectivity index (χ4n) is 8.59. The van der Waals surface area contributed by atoms with Gasteiger partial charge in [0.1, 0.15) is 13.2 Å². The predicted molar refractivity (Wildman–Crippen MR) is 298 cm³/mol. The van der Waals surface area contributed by atoms with Gasteiger partial charge in [0, 0.05) is 19.3 Å². The summed E-state index contributed by atoms with van der Waals surface area (Å²) < 4.78 is 16.9. The zero-order valence-corrected chi connectivity index (χ0v) is 45.8. The summed E-state index contributed by atoms with van der Waals surface area (Å²) >= 11 is 0. The molecular formula is C63H112O6. The van der Waals surface area contributed by atoms with Gasteiger partial charge < -0.3 is 14.2 Å². The summed E-state index contributed by atoms with van der Waals surface area (Å²) in [6, 6.07) is 0. The van der Waals surface area contributed by atoms with Gasteiger partial charge in [0.05, 0.1) is 0 Å². The van der Waals surface area contributed by atoms with Gasteiger partial charge in [-0.2, -0.15) is 0 Å². The predicted octanol–water partition coefficient (Wildman–Crippen LogP) is 20.0. The maximum absolute atomic E-state index is 12.9. The average molecular weight is 966 g/mol. The van der Waals surface area contributed by atoms with Gasteiger partial charge in [-0.15, -0.1) is 0 Å². The summed E-state index contributed by atoms with van der Waals surface area (Å²) in [7, 11) is 0. The molecule has 400 valence electrons. The molecule has 0 spiro atoms. The SMILES string of the molecule is CC/C=C\C/C=C\C/C=C\C/C=C\C/C=C\CCCCCCCC(=O)OCC(COC(=O)CCCCCCCCCCCCCCC)OC(=O)CCCCCCCCCCCCCCCCCCC. The third-order valence-electron chi connectivity index (χ3n) is 13.0. The van der Waals surface area contributed by atoms with E-state index in [1.54, 1.807) is 0 Å². The number of hydrogen-bond donors (Lipinski definition) is 0. The van der Waals surface area contributed by atoms with Crippen molar-refractivity contribution in [2.45, 2.75) is 309 Å². The van der Waals surface area contributed by atoms with Crippen LogP contribution in [0, 0.1) is 0 Å². The minimum Gasteiger partial charge on any atom is -0.462 e. The maximum Gasteiger partial charge on any atom is 0.306 e. The van der Waals surface area contributed by atoms with Gasteiger partial charge in [-0.3, -0.25) is 14.4 Å². The van der Waals surface area contributed by atoms with E-state index < -0.39 is 6.10 Å². The lowest BCUT2D eigenvalue weighted by molar-refractivity contribution is -0.167. The lowest BCUT2D eigenvalue weighted by Gasteiger charge is -2.18. The molecule has 1 unspecified atom stereocenters. The standard InChI is InChI=1S/C63H112O6/c1-4-7-10-13-16-19-22-25-27-29-30-31-32-34-35-38-41-44-47-50-53-56-62(65)68-59-60(58-67-61(64)55-52-49-46-43-40-37-24-21-18-15-12-9-6-3)69-63(66)57-54-51-48-45-42-39-36-33-28-26-23-20-17-14-11-8-5-2/h7,10,16,19,25,27,30-31,34-35,60H,4-6,8-9,11-15,17-18,20-24,26,28-29,32-33,36-59H2,1-3H3/b10-7-,19-16-,27-25-,31-30-,35-34-. The van der Waals surface area contributed by atoms with Crippen molar-refractivity contribution in [3.63, 3.8) is 0 Å². The van der Waals surface area contributed by atoms with Crippen molar-refractivity contribution in [2.75, 3.05) is 13.2 Å². The van der Waals surface area contributed by atoms with Gasteiger partial charge in [-0.25, -0.2) is 0 Å². The molecule has 0 saturated heterocycles. The summed E-state index contributed by atoms with van der Waals surface area (Å²) in [6.07, 6.45) is 72.1. The van der Waals surface area contributed by atoms with Crippen LogP contribution in [-0.4, -0.2) is 37.2 Å². The quantitative estimate of drug-likeness (QED) is 0.0262. The van der Waals surface area contributed by atoms with E-state index in [9.17, 15) is 14.4 Å². The normalized spacial score (nSPS) is 12.4. The summed E-state index contributed by atoms with van der Waals surface area (Å²) in [5.74, 6) is -0.879. The van der Waals surface area contributed by atoms with Crippen molar-refractivity contribution >= 4 is 17.9 Å². The molecule has 0 aliphatic rings. The number of rotatable bonds is 54. The first-order chi connectivity index (χ1) is 34.0. The zero-order chi connectivity index (χ0) is 50.0. The van der Waals surface area contributed by atoms with Crippen LogP contribution in [0.5, 0.6) is 0 Å². The monoisotopic (exact) mass is 965 g/mol. The molecule has 1 atom stereocenters. The number of carbonyl (C=O) groups excluding carboxylic acids is 3. The molecule has 69 heavy (non-hydrogen) atoms. The van der Waals surface area contributed by atoms with Crippen LogP contribution in [0.3, 0.4) is 0 Å². The highest BCUT2D eigenvalue weighted by atomic mass is 16.6. The van der Waals surface area contributed by atoms with Crippen LogP contribution < -0.4 is 0 Å². The van der Waals surface area contributed by atoms with Crippen LogP contribution in [0.25, 0.3) is 0 Å². The van der Waals surface area contributed by atoms with E-state index in [2.05, 4.69) is 81.5 Å². The number of unbranched alkanes of at least 4 members (excludes halogenated alkanes) is 33. The number of allylic oxidation sites excluding steroid dienone is 10.